The molecule has 0 aromatic carbocycles. The highest BCUT2D eigenvalue weighted by atomic mass is 15.2. The van der Waals surface area contributed by atoms with Gasteiger partial charge in [0.25, 0.3) is 0 Å². The Bertz CT molecular complexity index is 174. The van der Waals surface area contributed by atoms with Crippen molar-refractivity contribution < 1.29 is 0 Å². The standard InChI is InChI=1S/C7H10N2/c1-2-3-7-4-6(7)8-5-9-7/h2,5-6H,1,3-4H2,(H,8,9). The highest BCUT2D eigenvalue weighted by Gasteiger charge is 2.55. The Labute approximate surface area is 54.7 Å². The van der Waals surface area contributed by atoms with Crippen molar-refractivity contribution in [1.29, 1.82) is 0 Å². The predicted molar refractivity (Wildman–Crippen MR) is 37.6 cm³/mol. The summed E-state index contributed by atoms with van der Waals surface area (Å²) in [5.41, 5.74) is 0.321. The summed E-state index contributed by atoms with van der Waals surface area (Å²) in [7, 11) is 0. The molecule has 1 saturated carbocycles. The summed E-state index contributed by atoms with van der Waals surface area (Å²) in [5.74, 6) is 0. The van der Waals surface area contributed by atoms with Gasteiger partial charge in [0, 0.05) is 0 Å². The van der Waals surface area contributed by atoms with Crippen LogP contribution in [0.5, 0.6) is 0 Å². The molecule has 48 valence electrons. The van der Waals surface area contributed by atoms with E-state index in [0.717, 1.165) is 6.42 Å². The molecule has 0 radical (unpaired) electrons. The van der Waals surface area contributed by atoms with Gasteiger partial charge in [0.15, 0.2) is 0 Å². The first-order chi connectivity index (χ1) is 4.37. The summed E-state index contributed by atoms with van der Waals surface area (Å²) in [4.78, 5) is 4.22. The summed E-state index contributed by atoms with van der Waals surface area (Å²) in [6.07, 6.45) is 6.03. The molecule has 1 aliphatic heterocycles. The van der Waals surface area contributed by atoms with Crippen LogP contribution in [0, 0.1) is 0 Å². The largest absolute Gasteiger partial charge is 0.368 e. The van der Waals surface area contributed by atoms with E-state index in [0.29, 0.717) is 11.6 Å². The lowest BCUT2D eigenvalue weighted by molar-refractivity contribution is 0.620. The minimum atomic E-state index is 0.321. The number of rotatable bonds is 2. The quantitative estimate of drug-likeness (QED) is 0.536. The summed E-state index contributed by atoms with van der Waals surface area (Å²) in [5, 5.41) is 3.25. The van der Waals surface area contributed by atoms with Crippen molar-refractivity contribution in [2.45, 2.75) is 24.4 Å². The molecule has 2 aliphatic rings. The Balaban J connectivity index is 2.06. The Morgan fingerprint density at radius 2 is 2.89 bits per heavy atom. The van der Waals surface area contributed by atoms with Crippen LogP contribution in [-0.2, 0) is 0 Å². The molecular formula is C7H10N2. The van der Waals surface area contributed by atoms with E-state index in [9.17, 15) is 0 Å². The molecule has 2 unspecified atom stereocenters. The fourth-order valence-electron chi connectivity index (χ4n) is 1.43. The smallest absolute Gasteiger partial charge is 0.0833 e. The Hall–Kier alpha value is -0.790. The summed E-state index contributed by atoms with van der Waals surface area (Å²) in [6, 6.07) is 0.565. The van der Waals surface area contributed by atoms with E-state index in [1.54, 1.807) is 0 Å². The average Bonchev–Trinajstić information content (AvgIpc) is 2.37. The van der Waals surface area contributed by atoms with Gasteiger partial charge in [0.05, 0.1) is 17.9 Å². The second kappa shape index (κ2) is 1.38. The summed E-state index contributed by atoms with van der Waals surface area (Å²) >= 11 is 0. The molecule has 0 bridgehead atoms. The Kier molecular flexibility index (Phi) is 0.770. The van der Waals surface area contributed by atoms with Crippen LogP contribution in [0.15, 0.2) is 17.6 Å². The first-order valence-electron chi connectivity index (χ1n) is 3.28. The first-order valence-corrected chi connectivity index (χ1v) is 3.28. The zero-order valence-corrected chi connectivity index (χ0v) is 5.30. The van der Waals surface area contributed by atoms with E-state index >= 15 is 0 Å². The number of hydrogen-bond donors (Lipinski definition) is 1. The SMILES string of the molecule is C=CCC12CC1N=CN2. The molecular weight excluding hydrogens is 112 g/mol. The molecule has 2 heteroatoms. The zero-order chi connectivity index (χ0) is 6.32. The molecule has 1 N–H and O–H groups in total. The molecule has 0 spiro atoms. The van der Waals surface area contributed by atoms with Crippen molar-refractivity contribution in [2.75, 3.05) is 0 Å². The van der Waals surface area contributed by atoms with Crippen molar-refractivity contribution in [1.82, 2.24) is 5.32 Å². The highest BCUT2D eigenvalue weighted by molar-refractivity contribution is 5.63. The van der Waals surface area contributed by atoms with Crippen molar-refractivity contribution >= 4 is 6.34 Å². The van der Waals surface area contributed by atoms with Gasteiger partial charge in [-0.25, -0.2) is 0 Å². The van der Waals surface area contributed by atoms with E-state index in [1.165, 1.54) is 6.42 Å². The van der Waals surface area contributed by atoms with Gasteiger partial charge < -0.3 is 5.32 Å². The highest BCUT2D eigenvalue weighted by Crippen LogP contribution is 2.44. The zero-order valence-electron chi connectivity index (χ0n) is 5.30. The summed E-state index contributed by atoms with van der Waals surface area (Å²) < 4.78 is 0. The van der Waals surface area contributed by atoms with Crippen LogP contribution in [0.3, 0.4) is 0 Å². The van der Waals surface area contributed by atoms with Crippen LogP contribution >= 0.6 is 0 Å². The van der Waals surface area contributed by atoms with E-state index in [2.05, 4.69) is 16.9 Å². The molecule has 1 heterocycles. The fourth-order valence-corrected chi connectivity index (χ4v) is 1.43. The van der Waals surface area contributed by atoms with Gasteiger partial charge >= 0.3 is 0 Å². The van der Waals surface area contributed by atoms with Crippen LogP contribution in [0.4, 0.5) is 0 Å². The van der Waals surface area contributed by atoms with Crippen molar-refractivity contribution in [3.05, 3.63) is 12.7 Å². The van der Waals surface area contributed by atoms with E-state index < -0.39 is 0 Å². The molecule has 2 nitrogen and oxygen atoms in total. The van der Waals surface area contributed by atoms with Gasteiger partial charge in [-0.3, -0.25) is 4.99 Å². The topological polar surface area (TPSA) is 24.4 Å². The maximum atomic E-state index is 4.22. The lowest BCUT2D eigenvalue weighted by Crippen LogP contribution is -2.27. The molecule has 0 saturated heterocycles. The fraction of sp³-hybridized carbons (Fsp3) is 0.571. The second-order valence-corrected chi connectivity index (χ2v) is 2.79. The predicted octanol–water partition coefficient (Wildman–Crippen LogP) is 0.705. The molecule has 2 rings (SSSR count). The van der Waals surface area contributed by atoms with Crippen LogP contribution in [0.25, 0.3) is 0 Å². The van der Waals surface area contributed by atoms with Gasteiger partial charge in [-0.1, -0.05) is 6.08 Å². The Morgan fingerprint density at radius 3 is 3.33 bits per heavy atom. The normalized spacial score (nSPS) is 43.8. The minimum absolute atomic E-state index is 0.321. The van der Waals surface area contributed by atoms with E-state index in [1.807, 2.05) is 12.4 Å². The third kappa shape index (κ3) is 0.530. The summed E-state index contributed by atoms with van der Waals surface area (Å²) in [6.45, 7) is 3.70. The van der Waals surface area contributed by atoms with Gasteiger partial charge in [0.2, 0.25) is 0 Å². The number of nitrogens with one attached hydrogen (secondary N) is 1. The van der Waals surface area contributed by atoms with Gasteiger partial charge in [-0.05, 0) is 12.8 Å². The molecule has 0 aromatic heterocycles. The number of hydrogen-bond acceptors (Lipinski definition) is 2. The maximum Gasteiger partial charge on any atom is 0.0833 e. The molecule has 2 atom stereocenters. The van der Waals surface area contributed by atoms with Gasteiger partial charge in [-0.2, -0.15) is 0 Å². The number of aliphatic imine (C=N–C) groups is 1. The van der Waals surface area contributed by atoms with E-state index in [4.69, 9.17) is 0 Å². The third-order valence-electron chi connectivity index (χ3n) is 2.15. The molecule has 0 amide bonds. The molecule has 0 aromatic rings. The van der Waals surface area contributed by atoms with E-state index in [-0.39, 0.29) is 0 Å². The van der Waals surface area contributed by atoms with Crippen molar-refractivity contribution in [3.63, 3.8) is 0 Å². The van der Waals surface area contributed by atoms with Crippen LogP contribution < -0.4 is 5.32 Å². The monoisotopic (exact) mass is 122 g/mol. The second-order valence-electron chi connectivity index (χ2n) is 2.79. The number of fused-ring (bicyclic) bond motifs is 1. The third-order valence-corrected chi connectivity index (χ3v) is 2.15. The van der Waals surface area contributed by atoms with Crippen molar-refractivity contribution in [3.8, 4) is 0 Å². The van der Waals surface area contributed by atoms with Gasteiger partial charge in [-0.15, -0.1) is 6.58 Å². The molecule has 9 heavy (non-hydrogen) atoms. The number of nitrogens with zero attached hydrogens (tertiary/aromatic N) is 1. The van der Waals surface area contributed by atoms with Crippen molar-refractivity contribution in [2.24, 2.45) is 4.99 Å². The molecule has 1 aliphatic carbocycles. The lowest BCUT2D eigenvalue weighted by Gasteiger charge is -2.07. The van der Waals surface area contributed by atoms with Crippen LogP contribution in [-0.4, -0.2) is 17.9 Å². The average molecular weight is 122 g/mol. The van der Waals surface area contributed by atoms with Gasteiger partial charge in [0.1, 0.15) is 0 Å². The lowest BCUT2D eigenvalue weighted by atomic mass is 10.2. The Morgan fingerprint density at radius 1 is 2.00 bits per heavy atom. The molecule has 1 fully saturated rings. The van der Waals surface area contributed by atoms with Crippen LogP contribution in [0.1, 0.15) is 12.8 Å². The van der Waals surface area contributed by atoms with Crippen LogP contribution in [0.2, 0.25) is 0 Å². The first kappa shape index (κ1) is 5.03. The minimum Gasteiger partial charge on any atom is -0.368 e. The maximum absolute atomic E-state index is 4.22.